The van der Waals surface area contributed by atoms with Crippen molar-refractivity contribution in [3.8, 4) is 0 Å². The van der Waals surface area contributed by atoms with E-state index in [1.807, 2.05) is 6.92 Å². The van der Waals surface area contributed by atoms with Crippen molar-refractivity contribution in [2.45, 2.75) is 20.3 Å². The molecule has 24 heavy (non-hydrogen) atoms. The van der Waals surface area contributed by atoms with E-state index in [-0.39, 0.29) is 24.7 Å². The standard InChI is InChI=1S/C17H16N2O4S/c1-9-16(24-10(2)18-9)17(22)23-8-14(20)11-4-5-13-12(6-11)7-15(21)19(13)3/h4-6H,7-8H2,1-3H3. The van der Waals surface area contributed by atoms with Crippen LogP contribution in [0.3, 0.4) is 0 Å². The van der Waals surface area contributed by atoms with Crippen LogP contribution in [-0.4, -0.2) is 36.3 Å². The molecule has 0 spiro atoms. The molecule has 0 atom stereocenters. The molecule has 1 aromatic heterocycles. The van der Waals surface area contributed by atoms with E-state index >= 15 is 0 Å². The van der Waals surface area contributed by atoms with Gasteiger partial charge in [-0.25, -0.2) is 9.78 Å². The van der Waals surface area contributed by atoms with E-state index < -0.39 is 5.97 Å². The molecule has 2 aromatic rings. The number of thiazole rings is 1. The van der Waals surface area contributed by atoms with Crippen molar-refractivity contribution in [1.82, 2.24) is 4.98 Å². The fourth-order valence-corrected chi connectivity index (χ4v) is 3.46. The number of benzene rings is 1. The first-order chi connectivity index (χ1) is 11.4. The van der Waals surface area contributed by atoms with Crippen LogP contribution in [0.1, 0.15) is 36.3 Å². The van der Waals surface area contributed by atoms with Crippen LogP contribution in [0.5, 0.6) is 0 Å². The lowest BCUT2D eigenvalue weighted by atomic mass is 10.1. The van der Waals surface area contributed by atoms with Gasteiger partial charge in [-0.1, -0.05) is 0 Å². The molecule has 1 amide bonds. The highest BCUT2D eigenvalue weighted by Gasteiger charge is 2.25. The molecule has 0 unspecified atom stereocenters. The average molecular weight is 344 g/mol. The number of esters is 1. The lowest BCUT2D eigenvalue weighted by molar-refractivity contribution is -0.117. The molecule has 0 fully saturated rings. The summed E-state index contributed by atoms with van der Waals surface area (Å²) in [5, 5.41) is 0.776. The molecule has 1 aliphatic heterocycles. The van der Waals surface area contributed by atoms with Gasteiger partial charge in [0.15, 0.2) is 12.4 Å². The maximum absolute atomic E-state index is 12.2. The molecular formula is C17H16N2O4S. The van der Waals surface area contributed by atoms with Crippen LogP contribution in [0.15, 0.2) is 18.2 Å². The molecule has 1 aliphatic rings. The number of hydrogen-bond acceptors (Lipinski definition) is 6. The first-order valence-corrected chi connectivity index (χ1v) is 8.22. The summed E-state index contributed by atoms with van der Waals surface area (Å²) in [6, 6.07) is 5.08. The number of carbonyl (C=O) groups excluding carboxylic acids is 3. The first-order valence-electron chi connectivity index (χ1n) is 7.40. The summed E-state index contributed by atoms with van der Waals surface area (Å²) in [7, 11) is 1.71. The van der Waals surface area contributed by atoms with Gasteiger partial charge in [-0.3, -0.25) is 9.59 Å². The number of ketones is 1. The molecule has 6 nitrogen and oxygen atoms in total. The van der Waals surface area contributed by atoms with Crippen LogP contribution in [0.4, 0.5) is 5.69 Å². The second-order valence-corrected chi connectivity index (χ2v) is 6.82. The average Bonchev–Trinajstić information content (AvgIpc) is 3.03. The Kier molecular flexibility index (Phi) is 4.19. The number of Topliss-reactive ketones (excluding diaryl/α,β-unsaturated/α-hetero) is 1. The Balaban J connectivity index is 1.68. The predicted octanol–water partition coefficient (Wildman–Crippen LogP) is 2.32. The van der Waals surface area contributed by atoms with E-state index in [0.29, 0.717) is 16.1 Å². The van der Waals surface area contributed by atoms with Gasteiger partial charge >= 0.3 is 5.97 Å². The smallest absolute Gasteiger partial charge is 0.350 e. The molecule has 0 radical (unpaired) electrons. The zero-order valence-electron chi connectivity index (χ0n) is 13.6. The third-order valence-corrected chi connectivity index (χ3v) is 4.95. The molecule has 124 valence electrons. The van der Waals surface area contributed by atoms with Crippen molar-refractivity contribution in [1.29, 1.82) is 0 Å². The topological polar surface area (TPSA) is 76.6 Å². The maximum atomic E-state index is 12.2. The van der Waals surface area contributed by atoms with E-state index in [0.717, 1.165) is 16.3 Å². The van der Waals surface area contributed by atoms with E-state index in [2.05, 4.69) is 4.98 Å². The minimum absolute atomic E-state index is 0.00272. The van der Waals surface area contributed by atoms with Gasteiger partial charge in [-0.2, -0.15) is 0 Å². The maximum Gasteiger partial charge on any atom is 0.350 e. The highest BCUT2D eigenvalue weighted by atomic mass is 32.1. The van der Waals surface area contributed by atoms with Crippen molar-refractivity contribution in [2.24, 2.45) is 0 Å². The SMILES string of the molecule is Cc1nc(C)c(C(=O)OCC(=O)c2ccc3c(c2)CC(=O)N3C)s1. The van der Waals surface area contributed by atoms with E-state index in [1.54, 1.807) is 37.1 Å². The van der Waals surface area contributed by atoms with Crippen molar-refractivity contribution in [2.75, 3.05) is 18.6 Å². The fourth-order valence-electron chi connectivity index (χ4n) is 2.64. The van der Waals surface area contributed by atoms with Crippen LogP contribution in [0.25, 0.3) is 0 Å². The first kappa shape index (κ1) is 16.3. The Bertz CT molecular complexity index is 856. The monoisotopic (exact) mass is 344 g/mol. The lowest BCUT2D eigenvalue weighted by Crippen LogP contribution is -2.20. The largest absolute Gasteiger partial charge is 0.453 e. The van der Waals surface area contributed by atoms with Gasteiger partial charge in [0.05, 0.1) is 17.1 Å². The van der Waals surface area contributed by atoms with Crippen molar-refractivity contribution < 1.29 is 19.1 Å². The van der Waals surface area contributed by atoms with Crippen LogP contribution in [0.2, 0.25) is 0 Å². The van der Waals surface area contributed by atoms with Crippen LogP contribution >= 0.6 is 11.3 Å². The molecule has 7 heteroatoms. The lowest BCUT2D eigenvalue weighted by Gasteiger charge is -2.10. The van der Waals surface area contributed by atoms with E-state index in [4.69, 9.17) is 4.74 Å². The summed E-state index contributed by atoms with van der Waals surface area (Å²) < 4.78 is 5.10. The number of fused-ring (bicyclic) bond motifs is 1. The number of ether oxygens (including phenoxy) is 1. The molecule has 2 heterocycles. The number of amides is 1. The minimum Gasteiger partial charge on any atom is -0.453 e. The van der Waals surface area contributed by atoms with Crippen molar-refractivity contribution in [3.63, 3.8) is 0 Å². The van der Waals surface area contributed by atoms with Gasteiger partial charge in [0.25, 0.3) is 0 Å². The summed E-state index contributed by atoms with van der Waals surface area (Å²) >= 11 is 1.25. The number of anilines is 1. The normalized spacial score (nSPS) is 13.1. The van der Waals surface area contributed by atoms with Gasteiger partial charge in [-0.05, 0) is 37.6 Å². The Hall–Kier alpha value is -2.54. The Morgan fingerprint density at radius 2 is 2.08 bits per heavy atom. The molecular weight excluding hydrogens is 328 g/mol. The van der Waals surface area contributed by atoms with Gasteiger partial charge in [0, 0.05) is 18.3 Å². The number of carbonyl (C=O) groups is 3. The molecule has 0 saturated carbocycles. The molecule has 3 rings (SSSR count). The summed E-state index contributed by atoms with van der Waals surface area (Å²) in [5.41, 5.74) is 2.66. The minimum atomic E-state index is -0.539. The van der Waals surface area contributed by atoms with Gasteiger partial charge < -0.3 is 9.64 Å². The molecule has 0 aliphatic carbocycles. The van der Waals surface area contributed by atoms with Crippen molar-refractivity contribution in [3.05, 3.63) is 44.9 Å². The van der Waals surface area contributed by atoms with E-state index in [1.165, 1.54) is 11.3 Å². The summed E-state index contributed by atoms with van der Waals surface area (Å²) in [5.74, 6) is -0.841. The van der Waals surface area contributed by atoms with Crippen LogP contribution < -0.4 is 4.90 Å². The Labute approximate surface area is 143 Å². The van der Waals surface area contributed by atoms with Crippen molar-refractivity contribution >= 4 is 34.7 Å². The Morgan fingerprint density at radius 3 is 2.75 bits per heavy atom. The third-order valence-electron chi connectivity index (χ3n) is 3.90. The quantitative estimate of drug-likeness (QED) is 0.628. The van der Waals surface area contributed by atoms with Gasteiger partial charge in [0.2, 0.25) is 5.91 Å². The molecule has 0 bridgehead atoms. The summed E-state index contributed by atoms with van der Waals surface area (Å²) in [4.78, 5) is 42.1. The number of rotatable bonds is 4. The fraction of sp³-hybridized carbons (Fsp3) is 0.294. The number of nitrogens with zero attached hydrogens (tertiary/aromatic N) is 2. The predicted molar refractivity (Wildman–Crippen MR) is 89.8 cm³/mol. The van der Waals surface area contributed by atoms with E-state index in [9.17, 15) is 14.4 Å². The third kappa shape index (κ3) is 2.94. The number of aryl methyl sites for hydroxylation is 2. The second-order valence-electron chi connectivity index (χ2n) is 5.62. The Morgan fingerprint density at radius 1 is 1.33 bits per heavy atom. The highest BCUT2D eigenvalue weighted by molar-refractivity contribution is 7.13. The summed E-state index contributed by atoms with van der Waals surface area (Å²) in [6.07, 6.45) is 0.284. The zero-order valence-corrected chi connectivity index (χ0v) is 14.4. The molecule has 0 saturated heterocycles. The van der Waals surface area contributed by atoms with Gasteiger partial charge in [0.1, 0.15) is 4.88 Å². The summed E-state index contributed by atoms with van der Waals surface area (Å²) in [6.45, 7) is 3.20. The molecule has 0 N–H and O–H groups in total. The van der Waals surface area contributed by atoms with Gasteiger partial charge in [-0.15, -0.1) is 11.3 Å². The number of aromatic nitrogens is 1. The zero-order chi connectivity index (χ0) is 17.4. The number of hydrogen-bond donors (Lipinski definition) is 0. The molecule has 1 aromatic carbocycles. The number of likely N-dealkylation sites (N-methyl/N-ethyl adjacent to an activating group) is 1. The van der Waals surface area contributed by atoms with Crippen LogP contribution in [0, 0.1) is 13.8 Å². The highest BCUT2D eigenvalue weighted by Crippen LogP contribution is 2.28. The second kappa shape index (κ2) is 6.16. The van der Waals surface area contributed by atoms with Crippen LogP contribution in [-0.2, 0) is 16.0 Å².